The van der Waals surface area contributed by atoms with Crippen molar-refractivity contribution in [3.8, 4) is 0 Å². The third kappa shape index (κ3) is 3.60. The van der Waals surface area contributed by atoms with Gasteiger partial charge in [-0.05, 0) is 31.5 Å². The molecule has 0 saturated heterocycles. The average Bonchev–Trinajstić information content (AvgIpc) is 3.11. The highest BCUT2D eigenvalue weighted by Gasteiger charge is 2.23. The zero-order valence-electron chi connectivity index (χ0n) is 16.2. The molecule has 1 amide bonds. The van der Waals surface area contributed by atoms with Gasteiger partial charge in [-0.3, -0.25) is 4.79 Å². The van der Waals surface area contributed by atoms with Crippen molar-refractivity contribution in [1.82, 2.24) is 23.9 Å². The lowest BCUT2D eigenvalue weighted by atomic mass is 10.1. The van der Waals surface area contributed by atoms with Crippen LogP contribution in [0.2, 0.25) is 0 Å². The second-order valence-electron chi connectivity index (χ2n) is 6.27. The van der Waals surface area contributed by atoms with Crippen molar-refractivity contribution >= 4 is 27.5 Å². The molecule has 0 saturated carbocycles. The smallest absolute Gasteiger partial charge is 0.257 e. The number of hydrogen-bond donors (Lipinski definition) is 1. The number of aromatic nitrogens is 4. The summed E-state index contributed by atoms with van der Waals surface area (Å²) in [5, 5.41) is 6.83. The number of nitrogens with one attached hydrogen (secondary N) is 1. The Labute approximate surface area is 163 Å². The monoisotopic (exact) mass is 402 g/mol. The van der Waals surface area contributed by atoms with E-state index in [4.69, 9.17) is 0 Å². The van der Waals surface area contributed by atoms with Gasteiger partial charge < -0.3 is 5.32 Å². The Morgan fingerprint density at radius 1 is 1.18 bits per heavy atom. The molecule has 2 heterocycles. The zero-order valence-corrected chi connectivity index (χ0v) is 17.0. The minimum Gasteiger partial charge on any atom is -0.306 e. The number of sulfonamides is 1. The van der Waals surface area contributed by atoms with Gasteiger partial charge in [0.05, 0.1) is 4.90 Å². The van der Waals surface area contributed by atoms with Crippen molar-refractivity contribution in [2.75, 3.05) is 18.4 Å². The third-order valence-corrected chi connectivity index (χ3v) is 6.46. The summed E-state index contributed by atoms with van der Waals surface area (Å²) in [6, 6.07) is 6.23. The Morgan fingerprint density at radius 2 is 1.89 bits per heavy atom. The summed E-state index contributed by atoms with van der Waals surface area (Å²) in [7, 11) is -3.66. The summed E-state index contributed by atoms with van der Waals surface area (Å²) in [4.78, 5) is 21.2. The first-order valence-electron chi connectivity index (χ1n) is 8.87. The van der Waals surface area contributed by atoms with Gasteiger partial charge in [0.25, 0.3) is 11.7 Å². The second kappa shape index (κ2) is 7.64. The van der Waals surface area contributed by atoms with Crippen molar-refractivity contribution in [2.45, 2.75) is 32.6 Å². The summed E-state index contributed by atoms with van der Waals surface area (Å²) in [6.07, 6.45) is 1.35. The van der Waals surface area contributed by atoms with Gasteiger partial charge in [0.2, 0.25) is 10.0 Å². The number of anilines is 1. The number of carbonyl (C=O) groups excluding carboxylic acids is 1. The molecular weight excluding hydrogens is 380 g/mol. The molecule has 0 aliphatic heterocycles. The normalized spacial score (nSPS) is 11.9. The number of rotatable bonds is 6. The zero-order chi connectivity index (χ0) is 20.5. The van der Waals surface area contributed by atoms with Crippen LogP contribution in [-0.4, -0.2) is 51.3 Å². The van der Waals surface area contributed by atoms with E-state index in [0.717, 1.165) is 0 Å². The van der Waals surface area contributed by atoms with Crippen LogP contribution >= 0.6 is 0 Å². The molecule has 0 unspecified atom stereocenters. The summed E-state index contributed by atoms with van der Waals surface area (Å²) in [5.74, 6) is 0.336. The highest BCUT2D eigenvalue weighted by Crippen LogP contribution is 2.21. The molecule has 1 N–H and O–H groups in total. The highest BCUT2D eigenvalue weighted by atomic mass is 32.2. The molecule has 0 bridgehead atoms. The Morgan fingerprint density at radius 3 is 2.57 bits per heavy atom. The predicted octanol–water partition coefficient (Wildman–Crippen LogP) is 2.02. The summed E-state index contributed by atoms with van der Waals surface area (Å²) in [6.45, 7) is 7.80. The largest absolute Gasteiger partial charge is 0.306 e. The maximum absolute atomic E-state index is 12.9. The van der Waals surface area contributed by atoms with Gasteiger partial charge >= 0.3 is 0 Å². The summed E-state index contributed by atoms with van der Waals surface area (Å²) in [5.41, 5.74) is 1.61. The van der Waals surface area contributed by atoms with Gasteiger partial charge in [-0.15, -0.1) is 0 Å². The Balaban J connectivity index is 1.99. The van der Waals surface area contributed by atoms with Gasteiger partial charge in [0, 0.05) is 30.4 Å². The number of amides is 1. The van der Waals surface area contributed by atoms with Crippen LogP contribution in [0.5, 0.6) is 0 Å². The van der Waals surface area contributed by atoms with Crippen LogP contribution in [0.25, 0.3) is 5.78 Å². The van der Waals surface area contributed by atoms with E-state index in [2.05, 4.69) is 20.4 Å². The van der Waals surface area contributed by atoms with Gasteiger partial charge in [-0.2, -0.15) is 18.9 Å². The molecule has 0 radical (unpaired) electrons. The van der Waals surface area contributed by atoms with E-state index in [1.54, 1.807) is 39.8 Å². The van der Waals surface area contributed by atoms with E-state index in [1.165, 1.54) is 27.3 Å². The van der Waals surface area contributed by atoms with E-state index in [0.29, 0.717) is 35.9 Å². The lowest BCUT2D eigenvalue weighted by molar-refractivity contribution is 0.102. The molecule has 0 atom stereocenters. The van der Waals surface area contributed by atoms with Crippen LogP contribution in [0.4, 0.5) is 5.82 Å². The van der Waals surface area contributed by atoms with E-state index >= 15 is 0 Å². The highest BCUT2D eigenvalue weighted by molar-refractivity contribution is 7.89. The third-order valence-electron chi connectivity index (χ3n) is 4.42. The van der Waals surface area contributed by atoms with Crippen molar-refractivity contribution in [3.05, 3.63) is 47.4 Å². The summed E-state index contributed by atoms with van der Waals surface area (Å²) < 4.78 is 28.3. The summed E-state index contributed by atoms with van der Waals surface area (Å²) >= 11 is 0. The lowest BCUT2D eigenvalue weighted by Gasteiger charge is -2.19. The second-order valence-corrected chi connectivity index (χ2v) is 8.21. The van der Waals surface area contributed by atoms with Gasteiger partial charge in [0.1, 0.15) is 12.1 Å². The Kier molecular flexibility index (Phi) is 5.43. The number of carbonyl (C=O) groups is 1. The molecule has 1 aromatic carbocycles. The SMILES string of the molecule is CCN(CC)S(=O)(=O)c1ccc(C)c(C(=O)Nc2cc(C)nc3ncnn23)c1. The van der Waals surface area contributed by atoms with E-state index in [-0.39, 0.29) is 10.5 Å². The maximum Gasteiger partial charge on any atom is 0.257 e. The molecule has 28 heavy (non-hydrogen) atoms. The van der Waals surface area contributed by atoms with Gasteiger partial charge in [0.15, 0.2) is 0 Å². The topological polar surface area (TPSA) is 110 Å². The van der Waals surface area contributed by atoms with Gasteiger partial charge in [-0.25, -0.2) is 13.4 Å². The number of benzene rings is 1. The fraction of sp³-hybridized carbons (Fsp3) is 0.333. The van der Waals surface area contributed by atoms with Crippen molar-refractivity contribution in [3.63, 3.8) is 0 Å². The number of hydrogen-bond acceptors (Lipinski definition) is 6. The number of fused-ring (bicyclic) bond motifs is 1. The van der Waals surface area contributed by atoms with Crippen LogP contribution in [0, 0.1) is 13.8 Å². The maximum atomic E-state index is 12.9. The van der Waals surface area contributed by atoms with Crippen LogP contribution in [0.15, 0.2) is 35.5 Å². The Hall–Kier alpha value is -2.85. The van der Waals surface area contributed by atoms with Gasteiger partial charge in [-0.1, -0.05) is 19.9 Å². The molecule has 0 spiro atoms. The lowest BCUT2D eigenvalue weighted by Crippen LogP contribution is -2.31. The standard InChI is InChI=1S/C18H22N6O3S/c1-5-23(6-2)28(26,27)14-8-7-12(3)15(10-14)17(25)22-16-9-13(4)21-18-19-11-20-24(16)18/h7-11H,5-6H2,1-4H3,(H,22,25). The van der Waals surface area contributed by atoms with Crippen LogP contribution in [0.3, 0.4) is 0 Å². The fourth-order valence-electron chi connectivity index (χ4n) is 2.92. The minimum absolute atomic E-state index is 0.0868. The first-order valence-corrected chi connectivity index (χ1v) is 10.3. The molecule has 0 fully saturated rings. The Bertz CT molecular complexity index is 1140. The number of aryl methyl sites for hydroxylation is 2. The molecule has 3 rings (SSSR count). The first kappa shape index (κ1) is 19.9. The van der Waals surface area contributed by atoms with Crippen molar-refractivity contribution in [2.24, 2.45) is 0 Å². The fourth-order valence-corrected chi connectivity index (χ4v) is 4.41. The predicted molar refractivity (Wildman–Crippen MR) is 105 cm³/mol. The molecule has 0 aliphatic carbocycles. The molecule has 3 aromatic rings. The first-order chi connectivity index (χ1) is 13.3. The minimum atomic E-state index is -3.66. The van der Waals surface area contributed by atoms with E-state index < -0.39 is 15.9 Å². The quantitative estimate of drug-likeness (QED) is 0.676. The molecule has 148 valence electrons. The van der Waals surface area contributed by atoms with Crippen LogP contribution in [-0.2, 0) is 10.0 Å². The molecule has 10 heteroatoms. The average molecular weight is 402 g/mol. The molecular formula is C18H22N6O3S. The van der Waals surface area contributed by atoms with Crippen molar-refractivity contribution < 1.29 is 13.2 Å². The molecule has 2 aromatic heterocycles. The molecule has 0 aliphatic rings. The number of nitrogens with zero attached hydrogens (tertiary/aromatic N) is 5. The van der Waals surface area contributed by atoms with E-state index in [9.17, 15) is 13.2 Å². The van der Waals surface area contributed by atoms with Crippen LogP contribution < -0.4 is 5.32 Å². The molecule has 9 nitrogen and oxygen atoms in total. The van der Waals surface area contributed by atoms with E-state index in [1.807, 2.05) is 0 Å². The van der Waals surface area contributed by atoms with Crippen molar-refractivity contribution in [1.29, 1.82) is 0 Å². The van der Waals surface area contributed by atoms with Crippen LogP contribution in [0.1, 0.15) is 35.5 Å².